The molecule has 98 valence electrons. The van der Waals surface area contributed by atoms with E-state index < -0.39 is 8.32 Å². The van der Waals surface area contributed by atoms with Gasteiger partial charge in [0.1, 0.15) is 0 Å². The van der Waals surface area contributed by atoms with Crippen LogP contribution in [0.3, 0.4) is 0 Å². The molecular formula is C14H25ClOSi. The lowest BCUT2D eigenvalue weighted by atomic mass is 9.47. The van der Waals surface area contributed by atoms with Crippen LogP contribution in [0.15, 0.2) is 0 Å². The van der Waals surface area contributed by atoms with E-state index in [0.717, 1.165) is 5.92 Å². The topological polar surface area (TPSA) is 9.23 Å². The second-order valence-corrected chi connectivity index (χ2v) is 13.4. The lowest BCUT2D eigenvalue weighted by Crippen LogP contribution is -2.59. The molecule has 0 aliphatic heterocycles. The summed E-state index contributed by atoms with van der Waals surface area (Å²) >= 11 is 6.82. The van der Waals surface area contributed by atoms with Crippen LogP contribution in [0, 0.1) is 23.2 Å². The monoisotopic (exact) mass is 272 g/mol. The molecule has 5 atom stereocenters. The normalized spacial score (nSPS) is 54.9. The van der Waals surface area contributed by atoms with E-state index >= 15 is 0 Å². The van der Waals surface area contributed by atoms with E-state index in [1.807, 2.05) is 0 Å². The van der Waals surface area contributed by atoms with Crippen molar-refractivity contribution in [2.45, 2.75) is 63.7 Å². The summed E-state index contributed by atoms with van der Waals surface area (Å²) in [5.74, 6) is 2.18. The maximum Gasteiger partial charge on any atom is 0.184 e. The maximum absolute atomic E-state index is 6.82. The Kier molecular flexibility index (Phi) is 2.18. The first kappa shape index (κ1) is 12.5. The van der Waals surface area contributed by atoms with Crippen molar-refractivity contribution in [3.05, 3.63) is 0 Å². The highest BCUT2D eigenvalue weighted by atomic mass is 35.5. The molecule has 0 N–H and O–H groups in total. The van der Waals surface area contributed by atoms with Crippen molar-refractivity contribution in [1.82, 2.24) is 0 Å². The van der Waals surface area contributed by atoms with E-state index in [4.69, 9.17) is 16.0 Å². The summed E-state index contributed by atoms with van der Waals surface area (Å²) in [6, 6.07) is 0. The van der Waals surface area contributed by atoms with Crippen molar-refractivity contribution < 1.29 is 4.43 Å². The fourth-order valence-corrected chi connectivity index (χ4v) is 6.90. The molecule has 4 rings (SSSR count). The summed E-state index contributed by atoms with van der Waals surface area (Å²) < 4.78 is 6.65. The predicted octanol–water partition coefficient (Wildman–Crippen LogP) is 4.27. The van der Waals surface area contributed by atoms with Crippen LogP contribution in [-0.2, 0) is 4.43 Å². The average molecular weight is 273 g/mol. The van der Waals surface area contributed by atoms with Crippen molar-refractivity contribution in [3.8, 4) is 0 Å². The predicted molar refractivity (Wildman–Crippen MR) is 74.9 cm³/mol. The molecule has 3 heteroatoms. The van der Waals surface area contributed by atoms with Crippen molar-refractivity contribution in [2.24, 2.45) is 23.2 Å². The smallest absolute Gasteiger partial charge is 0.184 e. The van der Waals surface area contributed by atoms with Gasteiger partial charge in [-0.05, 0) is 56.7 Å². The Labute approximate surface area is 111 Å². The van der Waals surface area contributed by atoms with Crippen LogP contribution in [0.2, 0.25) is 19.6 Å². The summed E-state index contributed by atoms with van der Waals surface area (Å²) in [6.45, 7) is 13.9. The molecule has 2 bridgehead atoms. The zero-order valence-electron chi connectivity index (χ0n) is 11.9. The molecule has 1 nitrogen and oxygen atoms in total. The van der Waals surface area contributed by atoms with Gasteiger partial charge in [0.15, 0.2) is 8.32 Å². The van der Waals surface area contributed by atoms with Gasteiger partial charge in [-0.15, -0.1) is 11.6 Å². The Hall–Kier alpha value is 0.467. The second-order valence-electron chi connectivity index (χ2n) is 8.18. The van der Waals surface area contributed by atoms with Crippen LogP contribution in [0.4, 0.5) is 0 Å². The largest absolute Gasteiger partial charge is 0.410 e. The molecule has 17 heavy (non-hydrogen) atoms. The summed E-state index contributed by atoms with van der Waals surface area (Å²) in [7, 11) is -1.53. The molecule has 0 radical (unpaired) electrons. The first-order chi connectivity index (χ1) is 7.53. The third-order valence-corrected chi connectivity index (χ3v) is 7.35. The van der Waals surface area contributed by atoms with E-state index in [1.165, 1.54) is 12.8 Å². The van der Waals surface area contributed by atoms with Gasteiger partial charge in [0, 0.05) is 5.92 Å². The molecule has 0 unspecified atom stereocenters. The van der Waals surface area contributed by atoms with Crippen LogP contribution in [0.25, 0.3) is 0 Å². The van der Waals surface area contributed by atoms with Gasteiger partial charge in [0.05, 0.1) is 10.5 Å². The number of hydrogen-bond acceptors (Lipinski definition) is 1. The molecule has 0 spiro atoms. The Bertz CT molecular complexity index is 371. The average Bonchev–Trinajstić information content (AvgIpc) is 2.59. The highest BCUT2D eigenvalue weighted by Gasteiger charge is 2.85. The SMILES string of the molecule is CC1(C)[C@H]2C[C@H]1[C@]1(O[Si](C)(C)C)[C@H](C2)[C@@]1(C)Cl. The second kappa shape index (κ2) is 2.96. The van der Waals surface area contributed by atoms with E-state index in [-0.39, 0.29) is 10.5 Å². The Balaban J connectivity index is 1.96. The van der Waals surface area contributed by atoms with Crippen LogP contribution in [0.1, 0.15) is 33.6 Å². The van der Waals surface area contributed by atoms with E-state index in [0.29, 0.717) is 17.3 Å². The minimum Gasteiger partial charge on any atom is -0.410 e. The minimum atomic E-state index is -1.53. The standard InChI is InChI=1S/C14H25ClOSi/c1-12(2)9-7-10(12)14(16-17(4,5)6)11(8-9)13(14,3)15/h9-11H,7-8H2,1-6H3/t9-,10+,11+,13+,14-/m0/s1. The van der Waals surface area contributed by atoms with Gasteiger partial charge in [-0.2, -0.15) is 0 Å². The minimum absolute atomic E-state index is 0.0112. The van der Waals surface area contributed by atoms with E-state index in [9.17, 15) is 0 Å². The van der Waals surface area contributed by atoms with Gasteiger partial charge in [-0.1, -0.05) is 13.8 Å². The van der Waals surface area contributed by atoms with E-state index in [2.05, 4.69) is 40.4 Å². The Morgan fingerprint density at radius 2 is 1.59 bits per heavy atom. The van der Waals surface area contributed by atoms with Crippen molar-refractivity contribution in [2.75, 3.05) is 0 Å². The lowest BCUT2D eigenvalue weighted by molar-refractivity contribution is -0.145. The Morgan fingerprint density at radius 3 is 2.06 bits per heavy atom. The first-order valence-electron chi connectivity index (χ1n) is 6.92. The lowest BCUT2D eigenvalue weighted by Gasteiger charge is -2.60. The van der Waals surface area contributed by atoms with Crippen molar-refractivity contribution >= 4 is 19.9 Å². The molecule has 0 aromatic carbocycles. The van der Waals surface area contributed by atoms with Crippen LogP contribution in [-0.4, -0.2) is 18.8 Å². The van der Waals surface area contributed by atoms with Gasteiger partial charge in [-0.25, -0.2) is 0 Å². The zero-order chi connectivity index (χ0) is 12.9. The highest BCUT2D eigenvalue weighted by molar-refractivity contribution is 6.70. The number of hydrogen-bond donors (Lipinski definition) is 0. The van der Waals surface area contributed by atoms with Gasteiger partial charge >= 0.3 is 0 Å². The van der Waals surface area contributed by atoms with Crippen LogP contribution in [0.5, 0.6) is 0 Å². The van der Waals surface area contributed by atoms with E-state index in [1.54, 1.807) is 0 Å². The molecule has 0 aromatic heterocycles. The highest BCUT2D eigenvalue weighted by Crippen LogP contribution is 2.80. The number of alkyl halides is 1. The van der Waals surface area contributed by atoms with Crippen LogP contribution < -0.4 is 0 Å². The molecule has 0 aromatic rings. The van der Waals surface area contributed by atoms with Gasteiger partial charge in [-0.3, -0.25) is 0 Å². The summed E-state index contributed by atoms with van der Waals surface area (Å²) in [4.78, 5) is -0.0968. The number of halogens is 1. The molecule has 4 aliphatic carbocycles. The Morgan fingerprint density at radius 1 is 1.06 bits per heavy atom. The molecule has 0 saturated heterocycles. The fourth-order valence-electron chi connectivity index (χ4n) is 4.82. The third-order valence-electron chi connectivity index (χ3n) is 5.84. The van der Waals surface area contributed by atoms with Crippen molar-refractivity contribution in [1.29, 1.82) is 0 Å². The van der Waals surface area contributed by atoms with Crippen molar-refractivity contribution in [3.63, 3.8) is 0 Å². The molecule has 0 heterocycles. The zero-order valence-corrected chi connectivity index (χ0v) is 13.7. The maximum atomic E-state index is 6.82. The third kappa shape index (κ3) is 1.30. The molecule has 4 aliphatic rings. The fraction of sp³-hybridized carbons (Fsp3) is 1.00. The van der Waals surface area contributed by atoms with Gasteiger partial charge in [0.25, 0.3) is 0 Å². The molecular weight excluding hydrogens is 248 g/mol. The molecule has 4 fully saturated rings. The van der Waals surface area contributed by atoms with Gasteiger partial charge in [0.2, 0.25) is 0 Å². The first-order valence-corrected chi connectivity index (χ1v) is 10.7. The van der Waals surface area contributed by atoms with Crippen LogP contribution >= 0.6 is 11.6 Å². The molecule has 4 saturated carbocycles. The molecule has 0 amide bonds. The number of rotatable bonds is 2. The summed E-state index contributed by atoms with van der Waals surface area (Å²) in [5, 5.41) is 0. The summed E-state index contributed by atoms with van der Waals surface area (Å²) in [5.41, 5.74) is 0.458. The summed E-state index contributed by atoms with van der Waals surface area (Å²) in [6.07, 6.45) is 2.63. The quantitative estimate of drug-likeness (QED) is 0.539. The van der Waals surface area contributed by atoms with Gasteiger partial charge < -0.3 is 4.43 Å².